The Balaban J connectivity index is 1.44. The smallest absolute Gasteiger partial charge is 0.303 e. The number of halogens is 3. The largest absolute Gasteiger partial charge is 0.508 e. The summed E-state index contributed by atoms with van der Waals surface area (Å²) in [6, 6.07) is 9.09. The Labute approximate surface area is 273 Å². The maximum atomic E-state index is 14.4. The number of carboxylic acid groups (broad SMARTS) is 1. The summed E-state index contributed by atoms with van der Waals surface area (Å²) < 4.78 is 19.2. The molecule has 2 heterocycles. The number of fused-ring (bicyclic) bond motifs is 4. The molecule has 0 aromatic heterocycles. The Morgan fingerprint density at radius 3 is 2.39 bits per heavy atom. The van der Waals surface area contributed by atoms with Crippen molar-refractivity contribution in [3.05, 3.63) is 65.5 Å². The fourth-order valence-corrected chi connectivity index (χ4v) is 8.57. The summed E-state index contributed by atoms with van der Waals surface area (Å²) in [7, 11) is 1.42. The highest BCUT2D eigenvalue weighted by atomic mass is 35.5. The van der Waals surface area contributed by atoms with E-state index in [2.05, 4.69) is 0 Å². The number of imide groups is 2. The van der Waals surface area contributed by atoms with Gasteiger partial charge in [0.05, 0.1) is 24.6 Å². The molecule has 10 nitrogen and oxygen atoms in total. The van der Waals surface area contributed by atoms with E-state index in [9.17, 15) is 33.5 Å². The first-order chi connectivity index (χ1) is 21.8. The van der Waals surface area contributed by atoms with Crippen LogP contribution in [-0.2, 0) is 24.0 Å². The number of allylic oxidation sites excluding steroid dienone is 2. The molecule has 46 heavy (non-hydrogen) atoms. The maximum absolute atomic E-state index is 14.4. The quantitative estimate of drug-likeness (QED) is 0.168. The van der Waals surface area contributed by atoms with Gasteiger partial charge in [-0.25, -0.2) is 9.29 Å². The normalized spacial score (nSPS) is 30.2. The third kappa shape index (κ3) is 4.69. The van der Waals surface area contributed by atoms with Crippen LogP contribution in [0.5, 0.6) is 11.5 Å². The molecule has 2 saturated heterocycles. The standard InChI is InChI=1S/C33H31Cl2FN2O8/c1-46-19-10-13-24(39)22(15-19)27-20-11-12-21-26(29(43)37(28(21)42)14-4-2-3-5-25(40)41)23(20)16-32(34)30(44)38(31(45)33(27,32)35)18-8-6-17(36)7-9-18/h6-11,13,15,21,23,26-27,39H,2-5,12,14,16H2,1H3,(H,40,41). The van der Waals surface area contributed by atoms with Gasteiger partial charge in [-0.1, -0.05) is 18.1 Å². The van der Waals surface area contributed by atoms with Gasteiger partial charge in [-0.2, -0.15) is 0 Å². The molecule has 4 aliphatic rings. The van der Waals surface area contributed by atoms with Gasteiger partial charge in [0, 0.05) is 24.4 Å². The van der Waals surface area contributed by atoms with Crippen LogP contribution in [0, 0.1) is 23.6 Å². The van der Waals surface area contributed by atoms with Gasteiger partial charge in [-0.3, -0.25) is 28.9 Å². The number of aromatic hydroxyl groups is 1. The molecule has 6 atom stereocenters. The molecule has 0 spiro atoms. The predicted molar refractivity (Wildman–Crippen MR) is 164 cm³/mol. The number of carboxylic acids is 1. The molecule has 1 saturated carbocycles. The summed E-state index contributed by atoms with van der Waals surface area (Å²) >= 11 is 14.6. The number of methoxy groups -OCH3 is 1. The fraction of sp³-hybridized carbons (Fsp3) is 0.424. The Hall–Kier alpha value is -3.96. The van der Waals surface area contributed by atoms with Gasteiger partial charge in [0.15, 0.2) is 9.75 Å². The van der Waals surface area contributed by atoms with Crippen molar-refractivity contribution < 1.29 is 43.3 Å². The van der Waals surface area contributed by atoms with Crippen molar-refractivity contribution in [3.63, 3.8) is 0 Å². The summed E-state index contributed by atoms with van der Waals surface area (Å²) in [5.41, 5.74) is 0.709. The lowest BCUT2D eigenvalue weighted by Gasteiger charge is -2.50. The van der Waals surface area contributed by atoms with Crippen LogP contribution in [0.25, 0.3) is 0 Å². The highest BCUT2D eigenvalue weighted by Crippen LogP contribution is 2.66. The molecule has 2 aliphatic heterocycles. The molecular formula is C33H31Cl2FN2O8. The van der Waals surface area contributed by atoms with E-state index in [1.807, 2.05) is 0 Å². The number of amides is 4. The molecule has 4 amide bonds. The summed E-state index contributed by atoms with van der Waals surface area (Å²) in [5.74, 6) is -7.59. The molecule has 0 bridgehead atoms. The number of likely N-dealkylation sites (tertiary alicyclic amines) is 1. The van der Waals surface area contributed by atoms with Crippen LogP contribution >= 0.6 is 23.2 Å². The van der Waals surface area contributed by atoms with Crippen LogP contribution in [0.3, 0.4) is 0 Å². The SMILES string of the molecule is COc1ccc(O)c(C2C3=CCC4C(=O)N(CCCCCC(=O)O)C(=O)C4C3CC3(Cl)C(=O)N(c4ccc(F)cc4)C(=O)C23Cl)c1. The number of carbonyl (C=O) groups is 5. The molecule has 242 valence electrons. The highest BCUT2D eigenvalue weighted by molar-refractivity contribution is 6.58. The fourth-order valence-electron chi connectivity index (χ4n) is 7.64. The number of anilines is 1. The second-order valence-corrected chi connectivity index (χ2v) is 13.4. The second kappa shape index (κ2) is 11.7. The zero-order valence-electron chi connectivity index (χ0n) is 24.8. The van der Waals surface area contributed by atoms with E-state index in [1.54, 1.807) is 6.08 Å². The van der Waals surface area contributed by atoms with E-state index in [4.69, 9.17) is 33.0 Å². The van der Waals surface area contributed by atoms with Crippen molar-refractivity contribution in [1.82, 2.24) is 4.90 Å². The van der Waals surface area contributed by atoms with Gasteiger partial charge >= 0.3 is 5.97 Å². The summed E-state index contributed by atoms with van der Waals surface area (Å²) in [6.45, 7) is 0.119. The molecule has 13 heteroatoms. The Morgan fingerprint density at radius 2 is 1.72 bits per heavy atom. The van der Waals surface area contributed by atoms with Crippen molar-refractivity contribution in [2.24, 2.45) is 17.8 Å². The zero-order valence-corrected chi connectivity index (χ0v) is 26.3. The molecule has 6 unspecified atom stereocenters. The van der Waals surface area contributed by atoms with Crippen LogP contribution in [-0.4, -0.2) is 68.1 Å². The van der Waals surface area contributed by atoms with Gasteiger partial charge in [0.2, 0.25) is 11.8 Å². The lowest BCUT2D eigenvalue weighted by atomic mass is 9.56. The number of phenolic OH excluding ortho intramolecular Hbond substituents is 1. The number of ether oxygens (including phenoxy) is 1. The van der Waals surface area contributed by atoms with E-state index in [1.165, 1.54) is 42.3 Å². The molecular weight excluding hydrogens is 642 g/mol. The van der Waals surface area contributed by atoms with Gasteiger partial charge in [0.1, 0.15) is 17.3 Å². The van der Waals surface area contributed by atoms with Crippen molar-refractivity contribution >= 4 is 58.5 Å². The van der Waals surface area contributed by atoms with Crippen molar-refractivity contribution in [2.45, 2.75) is 54.2 Å². The van der Waals surface area contributed by atoms with Gasteiger partial charge < -0.3 is 14.9 Å². The van der Waals surface area contributed by atoms with E-state index < -0.39 is 62.9 Å². The number of hydrogen-bond acceptors (Lipinski definition) is 7. The average molecular weight is 674 g/mol. The number of rotatable bonds is 9. The van der Waals surface area contributed by atoms with Gasteiger partial charge in [0.25, 0.3) is 11.8 Å². The lowest BCUT2D eigenvalue weighted by Crippen LogP contribution is -2.60. The van der Waals surface area contributed by atoms with E-state index in [-0.39, 0.29) is 48.7 Å². The van der Waals surface area contributed by atoms with E-state index in [0.29, 0.717) is 30.6 Å². The predicted octanol–water partition coefficient (Wildman–Crippen LogP) is 4.75. The molecule has 0 radical (unpaired) electrons. The first-order valence-corrected chi connectivity index (χ1v) is 15.8. The zero-order chi connectivity index (χ0) is 33.1. The molecule has 6 rings (SSSR count). The summed E-state index contributed by atoms with van der Waals surface area (Å²) in [6.07, 6.45) is 3.00. The number of aliphatic carboxylic acids is 1. The third-order valence-corrected chi connectivity index (χ3v) is 11.2. The molecule has 2 aromatic rings. The van der Waals surface area contributed by atoms with Crippen molar-refractivity contribution in [3.8, 4) is 11.5 Å². The Kier molecular flexibility index (Phi) is 8.13. The first kappa shape index (κ1) is 32.0. The number of alkyl halides is 2. The topological polar surface area (TPSA) is 142 Å². The number of phenols is 1. The highest BCUT2D eigenvalue weighted by Gasteiger charge is 2.76. The molecule has 2 aliphatic carbocycles. The lowest BCUT2D eigenvalue weighted by molar-refractivity contribution is -0.141. The first-order valence-electron chi connectivity index (χ1n) is 15.0. The van der Waals surface area contributed by atoms with Crippen LogP contribution in [0.2, 0.25) is 0 Å². The van der Waals surface area contributed by atoms with Crippen molar-refractivity contribution in [1.29, 1.82) is 0 Å². The van der Waals surface area contributed by atoms with Gasteiger partial charge in [-0.15, -0.1) is 23.2 Å². The number of carbonyl (C=O) groups excluding carboxylic acids is 4. The molecule has 2 N–H and O–H groups in total. The maximum Gasteiger partial charge on any atom is 0.303 e. The summed E-state index contributed by atoms with van der Waals surface area (Å²) in [5, 5.41) is 20.1. The molecule has 2 aromatic carbocycles. The monoisotopic (exact) mass is 672 g/mol. The second-order valence-electron chi connectivity index (χ2n) is 12.2. The average Bonchev–Trinajstić information content (AvgIpc) is 3.35. The number of unbranched alkanes of at least 4 members (excludes halogenated alkanes) is 2. The minimum atomic E-state index is -2.19. The number of benzene rings is 2. The minimum absolute atomic E-state index is 0.0132. The van der Waals surface area contributed by atoms with Crippen LogP contribution < -0.4 is 9.64 Å². The van der Waals surface area contributed by atoms with E-state index in [0.717, 1.165) is 17.0 Å². The number of nitrogens with zero attached hydrogens (tertiary/aromatic N) is 2. The van der Waals surface area contributed by atoms with E-state index >= 15 is 0 Å². The number of hydrogen-bond donors (Lipinski definition) is 2. The van der Waals surface area contributed by atoms with Crippen LogP contribution in [0.4, 0.5) is 10.1 Å². The minimum Gasteiger partial charge on any atom is -0.508 e. The third-order valence-electron chi connectivity index (χ3n) is 9.81. The van der Waals surface area contributed by atoms with Crippen LogP contribution in [0.15, 0.2) is 54.1 Å². The summed E-state index contributed by atoms with van der Waals surface area (Å²) in [4.78, 5) is 64.7. The Bertz CT molecular complexity index is 1680. The van der Waals surface area contributed by atoms with Crippen molar-refractivity contribution in [2.75, 3.05) is 18.6 Å². The van der Waals surface area contributed by atoms with Gasteiger partial charge in [-0.05, 0) is 74.1 Å². The Morgan fingerprint density at radius 1 is 1.00 bits per heavy atom. The van der Waals surface area contributed by atoms with Crippen LogP contribution in [0.1, 0.15) is 50.0 Å². The molecule has 3 fully saturated rings.